The average Bonchev–Trinajstić information content (AvgIpc) is 2.43. The van der Waals surface area contributed by atoms with Crippen LogP contribution in [0.1, 0.15) is 26.0 Å². The van der Waals surface area contributed by atoms with E-state index >= 15 is 0 Å². The number of ether oxygens (including phenoxy) is 1. The van der Waals surface area contributed by atoms with E-state index in [1.165, 1.54) is 0 Å². The van der Waals surface area contributed by atoms with Crippen LogP contribution < -0.4 is 5.32 Å². The highest BCUT2D eigenvalue weighted by atomic mass is 35.5. The summed E-state index contributed by atoms with van der Waals surface area (Å²) in [5.74, 6) is 0.892. The molecular weight excluding hydrogens is 262 g/mol. The molecule has 2 rings (SSSR count). The van der Waals surface area contributed by atoms with Crippen molar-refractivity contribution in [3.05, 3.63) is 22.8 Å². The Morgan fingerprint density at radius 1 is 1.47 bits per heavy atom. The largest absolute Gasteiger partial charge is 0.378 e. The van der Waals surface area contributed by atoms with Gasteiger partial charge in [-0.25, -0.2) is 4.98 Å². The molecule has 0 amide bonds. The molecule has 0 bridgehead atoms. The predicted molar refractivity (Wildman–Crippen MR) is 78.7 cm³/mol. The summed E-state index contributed by atoms with van der Waals surface area (Å²) in [6, 6.07) is 4.31. The zero-order valence-electron chi connectivity index (χ0n) is 11.7. The van der Waals surface area contributed by atoms with Crippen molar-refractivity contribution in [1.29, 1.82) is 0 Å². The topological polar surface area (TPSA) is 37.4 Å². The Balaban J connectivity index is 2.10. The van der Waals surface area contributed by atoms with Gasteiger partial charge in [0.15, 0.2) is 0 Å². The first-order valence-corrected chi connectivity index (χ1v) is 7.33. The van der Waals surface area contributed by atoms with Gasteiger partial charge in [-0.3, -0.25) is 4.90 Å². The van der Waals surface area contributed by atoms with Crippen molar-refractivity contribution >= 4 is 17.4 Å². The number of aromatic nitrogens is 1. The molecule has 1 unspecified atom stereocenters. The molecule has 2 heterocycles. The molecule has 19 heavy (non-hydrogen) atoms. The summed E-state index contributed by atoms with van der Waals surface area (Å²) in [4.78, 5) is 7.01. The molecule has 1 aliphatic rings. The van der Waals surface area contributed by atoms with Gasteiger partial charge in [0.2, 0.25) is 0 Å². The van der Waals surface area contributed by atoms with E-state index in [9.17, 15) is 0 Å². The third kappa shape index (κ3) is 3.81. The predicted octanol–water partition coefficient (Wildman–Crippen LogP) is 2.78. The molecule has 1 atom stereocenters. The number of hydrogen-bond donors (Lipinski definition) is 1. The van der Waals surface area contributed by atoms with Gasteiger partial charge in [0.05, 0.1) is 23.9 Å². The minimum absolute atomic E-state index is 0.467. The molecule has 106 valence electrons. The number of halogens is 1. The van der Waals surface area contributed by atoms with E-state index in [-0.39, 0.29) is 0 Å². The van der Waals surface area contributed by atoms with Crippen molar-refractivity contribution < 1.29 is 4.74 Å². The minimum atomic E-state index is 0.467. The smallest absolute Gasteiger partial charge is 0.126 e. The Morgan fingerprint density at radius 2 is 2.32 bits per heavy atom. The standard InChI is InChI=1S/C14H22ClN3O/c1-3-11-10-19-8-7-18(11)9-13-12(15)5-6-14(17-13)16-4-2/h5-6,11H,3-4,7-10H2,1-2H3,(H,16,17). The first-order valence-electron chi connectivity index (χ1n) is 6.95. The molecule has 1 fully saturated rings. The second kappa shape index (κ2) is 7.08. The summed E-state index contributed by atoms with van der Waals surface area (Å²) in [6.07, 6.45) is 1.09. The van der Waals surface area contributed by atoms with E-state index in [0.29, 0.717) is 6.04 Å². The summed E-state index contributed by atoms with van der Waals surface area (Å²) in [5.41, 5.74) is 0.945. The molecule has 1 saturated heterocycles. The van der Waals surface area contributed by atoms with Crippen molar-refractivity contribution in [2.45, 2.75) is 32.9 Å². The number of pyridine rings is 1. The third-order valence-electron chi connectivity index (χ3n) is 3.45. The van der Waals surface area contributed by atoms with E-state index in [1.807, 2.05) is 12.1 Å². The van der Waals surface area contributed by atoms with Crippen LogP contribution in [0.25, 0.3) is 0 Å². The van der Waals surface area contributed by atoms with Crippen LogP contribution in [0.2, 0.25) is 5.02 Å². The highest BCUT2D eigenvalue weighted by Crippen LogP contribution is 2.21. The number of hydrogen-bond acceptors (Lipinski definition) is 4. The van der Waals surface area contributed by atoms with E-state index in [1.54, 1.807) is 0 Å². The Morgan fingerprint density at radius 3 is 3.05 bits per heavy atom. The number of rotatable bonds is 5. The molecule has 1 aliphatic heterocycles. The molecule has 1 aromatic rings. The van der Waals surface area contributed by atoms with Gasteiger partial charge in [-0.2, -0.15) is 0 Å². The first kappa shape index (κ1) is 14.6. The van der Waals surface area contributed by atoms with Gasteiger partial charge < -0.3 is 10.1 Å². The lowest BCUT2D eigenvalue weighted by molar-refractivity contribution is -0.0132. The lowest BCUT2D eigenvalue weighted by Gasteiger charge is -2.34. The fraction of sp³-hybridized carbons (Fsp3) is 0.643. The van der Waals surface area contributed by atoms with Crippen LogP contribution in [0.15, 0.2) is 12.1 Å². The van der Waals surface area contributed by atoms with E-state index in [4.69, 9.17) is 16.3 Å². The maximum atomic E-state index is 6.26. The number of nitrogens with one attached hydrogen (secondary N) is 1. The van der Waals surface area contributed by atoms with Gasteiger partial charge in [0.1, 0.15) is 5.82 Å². The SMILES string of the molecule is CCNc1ccc(Cl)c(CN2CCOCC2CC)n1. The lowest BCUT2D eigenvalue weighted by atomic mass is 10.1. The molecule has 0 spiro atoms. The summed E-state index contributed by atoms with van der Waals surface area (Å²) < 4.78 is 5.53. The van der Waals surface area contributed by atoms with Gasteiger partial charge in [0, 0.05) is 25.7 Å². The monoisotopic (exact) mass is 283 g/mol. The molecule has 0 aliphatic carbocycles. The Labute approximate surface area is 120 Å². The van der Waals surface area contributed by atoms with Crippen molar-refractivity contribution in [1.82, 2.24) is 9.88 Å². The lowest BCUT2D eigenvalue weighted by Crippen LogP contribution is -2.44. The molecule has 0 aromatic carbocycles. The van der Waals surface area contributed by atoms with Gasteiger partial charge in [0.25, 0.3) is 0 Å². The van der Waals surface area contributed by atoms with E-state index in [2.05, 4.69) is 29.0 Å². The van der Waals surface area contributed by atoms with Crippen LogP contribution in [0, 0.1) is 0 Å². The Kier molecular flexibility index (Phi) is 5.43. The summed E-state index contributed by atoms with van der Waals surface area (Å²) in [5, 5.41) is 3.96. The molecule has 0 radical (unpaired) electrons. The van der Waals surface area contributed by atoms with Gasteiger partial charge in [-0.1, -0.05) is 18.5 Å². The maximum Gasteiger partial charge on any atom is 0.126 e. The normalized spacial score (nSPS) is 20.5. The Bertz CT molecular complexity index is 414. The van der Waals surface area contributed by atoms with Crippen molar-refractivity contribution in [3.63, 3.8) is 0 Å². The second-order valence-electron chi connectivity index (χ2n) is 4.76. The number of morpholine rings is 1. The molecule has 5 heteroatoms. The van der Waals surface area contributed by atoms with Crippen molar-refractivity contribution in [2.75, 3.05) is 31.6 Å². The maximum absolute atomic E-state index is 6.26. The van der Waals surface area contributed by atoms with E-state index < -0.39 is 0 Å². The quantitative estimate of drug-likeness (QED) is 0.902. The third-order valence-corrected chi connectivity index (χ3v) is 3.79. The van der Waals surface area contributed by atoms with E-state index in [0.717, 1.165) is 55.8 Å². The van der Waals surface area contributed by atoms with Crippen molar-refractivity contribution in [3.8, 4) is 0 Å². The number of anilines is 1. The zero-order valence-corrected chi connectivity index (χ0v) is 12.4. The Hall–Kier alpha value is -0.840. The zero-order chi connectivity index (χ0) is 13.7. The molecule has 1 aromatic heterocycles. The summed E-state index contributed by atoms with van der Waals surface area (Å²) in [7, 11) is 0. The summed E-state index contributed by atoms with van der Waals surface area (Å²) in [6.45, 7) is 8.45. The van der Waals surface area contributed by atoms with Gasteiger partial charge in [-0.15, -0.1) is 0 Å². The average molecular weight is 284 g/mol. The molecular formula is C14H22ClN3O. The number of nitrogens with zero attached hydrogens (tertiary/aromatic N) is 2. The molecule has 0 saturated carbocycles. The van der Waals surface area contributed by atoms with Crippen molar-refractivity contribution in [2.24, 2.45) is 0 Å². The van der Waals surface area contributed by atoms with Crippen LogP contribution >= 0.6 is 11.6 Å². The second-order valence-corrected chi connectivity index (χ2v) is 5.17. The van der Waals surface area contributed by atoms with Gasteiger partial charge in [-0.05, 0) is 25.5 Å². The van der Waals surface area contributed by atoms with Crippen LogP contribution in [0.5, 0.6) is 0 Å². The minimum Gasteiger partial charge on any atom is -0.378 e. The fourth-order valence-corrected chi connectivity index (χ4v) is 2.51. The fourth-order valence-electron chi connectivity index (χ4n) is 2.34. The van der Waals surface area contributed by atoms with Crippen LogP contribution in [0.3, 0.4) is 0 Å². The highest BCUT2D eigenvalue weighted by Gasteiger charge is 2.22. The van der Waals surface area contributed by atoms with Crippen LogP contribution in [-0.2, 0) is 11.3 Å². The van der Waals surface area contributed by atoms with Crippen LogP contribution in [-0.4, -0.2) is 42.2 Å². The molecule has 1 N–H and O–H groups in total. The molecule has 4 nitrogen and oxygen atoms in total. The van der Waals surface area contributed by atoms with Gasteiger partial charge >= 0.3 is 0 Å². The van der Waals surface area contributed by atoms with Crippen LogP contribution in [0.4, 0.5) is 5.82 Å². The summed E-state index contributed by atoms with van der Waals surface area (Å²) >= 11 is 6.26. The highest BCUT2D eigenvalue weighted by molar-refractivity contribution is 6.31. The first-order chi connectivity index (χ1) is 9.24.